The molecule has 0 amide bonds. The van der Waals surface area contributed by atoms with Crippen molar-refractivity contribution in [3.05, 3.63) is 0 Å². The maximum absolute atomic E-state index is 9.70. The first-order valence-electron chi connectivity index (χ1n) is 5.06. The molecular weight excluding hydrogens is 136 g/mol. The van der Waals surface area contributed by atoms with Gasteiger partial charge in [0.05, 0.1) is 6.10 Å². The molecule has 2 aliphatic rings. The molecule has 0 aromatic heterocycles. The van der Waals surface area contributed by atoms with Gasteiger partial charge in [-0.05, 0) is 31.1 Å². The number of fused-ring (bicyclic) bond motifs is 1. The van der Waals surface area contributed by atoms with E-state index in [9.17, 15) is 5.11 Å². The summed E-state index contributed by atoms with van der Waals surface area (Å²) in [6.45, 7) is 0. The van der Waals surface area contributed by atoms with E-state index in [1.54, 1.807) is 0 Å². The van der Waals surface area contributed by atoms with Gasteiger partial charge < -0.3 is 5.11 Å². The molecule has 0 saturated heterocycles. The van der Waals surface area contributed by atoms with Gasteiger partial charge in [-0.2, -0.15) is 0 Å². The second kappa shape index (κ2) is 3.14. The van der Waals surface area contributed by atoms with E-state index in [2.05, 4.69) is 0 Å². The van der Waals surface area contributed by atoms with Crippen molar-refractivity contribution in [2.75, 3.05) is 0 Å². The van der Waals surface area contributed by atoms with Crippen LogP contribution in [0.4, 0.5) is 0 Å². The van der Waals surface area contributed by atoms with Gasteiger partial charge in [-0.25, -0.2) is 0 Å². The zero-order chi connectivity index (χ0) is 7.68. The summed E-state index contributed by atoms with van der Waals surface area (Å²) in [7, 11) is 0. The maximum atomic E-state index is 9.70. The van der Waals surface area contributed by atoms with E-state index in [-0.39, 0.29) is 6.10 Å². The van der Waals surface area contributed by atoms with Crippen molar-refractivity contribution in [3.8, 4) is 0 Å². The smallest absolute Gasteiger partial charge is 0.0571 e. The highest BCUT2D eigenvalue weighted by atomic mass is 16.3. The van der Waals surface area contributed by atoms with Gasteiger partial charge in [-0.1, -0.05) is 25.7 Å². The van der Waals surface area contributed by atoms with Gasteiger partial charge in [0, 0.05) is 0 Å². The summed E-state index contributed by atoms with van der Waals surface area (Å²) < 4.78 is 0. The number of aliphatic hydroxyl groups is 1. The zero-order valence-electron chi connectivity index (χ0n) is 7.13. The minimum atomic E-state index is 0.0500. The molecule has 1 nitrogen and oxygen atoms in total. The monoisotopic (exact) mass is 154 g/mol. The number of aliphatic hydroxyl groups excluding tert-OH is 1. The van der Waals surface area contributed by atoms with Gasteiger partial charge in [0.15, 0.2) is 0 Å². The highest BCUT2D eigenvalue weighted by molar-refractivity contribution is 4.84. The highest BCUT2D eigenvalue weighted by Crippen LogP contribution is 2.40. The van der Waals surface area contributed by atoms with Crippen LogP contribution in [0.5, 0.6) is 0 Å². The molecule has 2 unspecified atom stereocenters. The van der Waals surface area contributed by atoms with Gasteiger partial charge in [-0.15, -0.1) is 0 Å². The van der Waals surface area contributed by atoms with Gasteiger partial charge in [0.25, 0.3) is 0 Å². The van der Waals surface area contributed by atoms with E-state index in [0.717, 1.165) is 12.3 Å². The molecule has 3 atom stereocenters. The Balaban J connectivity index is 1.99. The molecule has 64 valence electrons. The lowest BCUT2D eigenvalue weighted by Gasteiger charge is -2.38. The molecule has 1 N–H and O–H groups in total. The first-order valence-corrected chi connectivity index (χ1v) is 5.06. The van der Waals surface area contributed by atoms with Crippen LogP contribution in [-0.2, 0) is 0 Å². The second-order valence-corrected chi connectivity index (χ2v) is 4.21. The third-order valence-corrected chi connectivity index (χ3v) is 3.54. The topological polar surface area (TPSA) is 20.2 Å². The first-order chi connectivity index (χ1) is 5.38. The zero-order valence-corrected chi connectivity index (χ0v) is 7.13. The van der Waals surface area contributed by atoms with Gasteiger partial charge in [0.1, 0.15) is 0 Å². The van der Waals surface area contributed by atoms with Crippen molar-refractivity contribution < 1.29 is 5.11 Å². The molecule has 2 rings (SSSR count). The van der Waals surface area contributed by atoms with Gasteiger partial charge >= 0.3 is 0 Å². The summed E-state index contributed by atoms with van der Waals surface area (Å²) in [5, 5.41) is 9.70. The molecule has 11 heavy (non-hydrogen) atoms. The summed E-state index contributed by atoms with van der Waals surface area (Å²) in [6, 6.07) is 0. The average molecular weight is 154 g/mol. The Hall–Kier alpha value is -0.0400. The van der Waals surface area contributed by atoms with Gasteiger partial charge in [-0.3, -0.25) is 0 Å². The van der Waals surface area contributed by atoms with E-state index in [4.69, 9.17) is 0 Å². The van der Waals surface area contributed by atoms with Crippen LogP contribution >= 0.6 is 0 Å². The Bertz CT molecular complexity index is 131. The lowest BCUT2D eigenvalue weighted by molar-refractivity contribution is 0.0105. The fourth-order valence-corrected chi connectivity index (χ4v) is 2.90. The van der Waals surface area contributed by atoms with Crippen LogP contribution in [0.2, 0.25) is 0 Å². The molecule has 0 bridgehead atoms. The van der Waals surface area contributed by atoms with E-state index in [1.165, 1.54) is 38.5 Å². The fraction of sp³-hybridized carbons (Fsp3) is 1.00. The predicted octanol–water partition coefficient (Wildman–Crippen LogP) is 2.34. The molecule has 0 aromatic rings. The molecule has 0 aliphatic heterocycles. The number of hydrogen-bond acceptors (Lipinski definition) is 1. The summed E-state index contributed by atoms with van der Waals surface area (Å²) >= 11 is 0. The molecule has 2 fully saturated rings. The van der Waals surface area contributed by atoms with E-state index in [1.807, 2.05) is 0 Å². The largest absolute Gasteiger partial charge is 0.393 e. The van der Waals surface area contributed by atoms with Crippen molar-refractivity contribution in [2.24, 2.45) is 11.8 Å². The standard InChI is InChI=1S/C10H18O/c11-10-7-3-5-8-4-1-2-6-9(8)10/h8-11H,1-7H2/t8-,9?,10?/m1/s1. The Morgan fingerprint density at radius 2 is 1.55 bits per heavy atom. The third kappa shape index (κ3) is 1.44. The normalized spacial score (nSPS) is 45.0. The third-order valence-electron chi connectivity index (χ3n) is 3.54. The Morgan fingerprint density at radius 1 is 0.818 bits per heavy atom. The second-order valence-electron chi connectivity index (χ2n) is 4.21. The first kappa shape index (κ1) is 7.60. The summed E-state index contributed by atoms with van der Waals surface area (Å²) in [4.78, 5) is 0. The van der Waals surface area contributed by atoms with Crippen LogP contribution in [0.1, 0.15) is 44.9 Å². The van der Waals surface area contributed by atoms with E-state index in [0.29, 0.717) is 5.92 Å². The van der Waals surface area contributed by atoms with Crippen LogP contribution in [0, 0.1) is 11.8 Å². The predicted molar refractivity (Wildman–Crippen MR) is 45.3 cm³/mol. The number of rotatable bonds is 0. The summed E-state index contributed by atoms with van der Waals surface area (Å²) in [5.74, 6) is 1.56. The lowest BCUT2D eigenvalue weighted by atomic mass is 9.69. The van der Waals surface area contributed by atoms with Crippen LogP contribution in [0.15, 0.2) is 0 Å². The minimum Gasteiger partial charge on any atom is -0.393 e. The molecule has 0 spiro atoms. The molecule has 1 heteroatoms. The average Bonchev–Trinajstić information content (AvgIpc) is 2.06. The van der Waals surface area contributed by atoms with Crippen LogP contribution in [0.25, 0.3) is 0 Å². The van der Waals surface area contributed by atoms with Crippen molar-refractivity contribution in [3.63, 3.8) is 0 Å². The number of hydrogen-bond donors (Lipinski definition) is 1. The fourth-order valence-electron chi connectivity index (χ4n) is 2.90. The van der Waals surface area contributed by atoms with E-state index < -0.39 is 0 Å². The summed E-state index contributed by atoms with van der Waals surface area (Å²) in [6.07, 6.45) is 9.24. The molecule has 0 aromatic carbocycles. The molecule has 2 saturated carbocycles. The Labute approximate surface area is 68.8 Å². The Morgan fingerprint density at radius 3 is 2.36 bits per heavy atom. The summed E-state index contributed by atoms with van der Waals surface area (Å²) in [5.41, 5.74) is 0. The van der Waals surface area contributed by atoms with Crippen LogP contribution in [-0.4, -0.2) is 11.2 Å². The van der Waals surface area contributed by atoms with Crippen molar-refractivity contribution in [1.29, 1.82) is 0 Å². The SMILES string of the molecule is OC1CCC[C@H]2CCCCC12. The highest BCUT2D eigenvalue weighted by Gasteiger charge is 2.33. The molecular formula is C10H18O. The van der Waals surface area contributed by atoms with Crippen LogP contribution < -0.4 is 0 Å². The molecule has 2 aliphatic carbocycles. The molecule has 0 heterocycles. The maximum Gasteiger partial charge on any atom is 0.0571 e. The van der Waals surface area contributed by atoms with Crippen molar-refractivity contribution in [2.45, 2.75) is 51.0 Å². The quantitative estimate of drug-likeness (QED) is 0.568. The Kier molecular flexibility index (Phi) is 2.17. The van der Waals surface area contributed by atoms with Gasteiger partial charge in [0.2, 0.25) is 0 Å². The van der Waals surface area contributed by atoms with Crippen LogP contribution in [0.3, 0.4) is 0 Å². The van der Waals surface area contributed by atoms with E-state index >= 15 is 0 Å². The lowest BCUT2D eigenvalue weighted by Crippen LogP contribution is -2.34. The minimum absolute atomic E-state index is 0.0500. The molecule has 0 radical (unpaired) electrons. The van der Waals surface area contributed by atoms with Crippen molar-refractivity contribution >= 4 is 0 Å². The van der Waals surface area contributed by atoms with Crippen molar-refractivity contribution in [1.82, 2.24) is 0 Å².